The van der Waals surface area contributed by atoms with Crippen LogP contribution in [0.15, 0.2) is 67.0 Å². The van der Waals surface area contributed by atoms with E-state index in [1.54, 1.807) is 35.1 Å². The van der Waals surface area contributed by atoms with Crippen molar-refractivity contribution < 1.29 is 14.7 Å². The summed E-state index contributed by atoms with van der Waals surface area (Å²) in [6.07, 6.45) is 2.66. The van der Waals surface area contributed by atoms with Crippen molar-refractivity contribution in [3.63, 3.8) is 0 Å². The number of aliphatic hydroxyl groups excluding tert-OH is 1. The molecule has 0 radical (unpaired) electrons. The number of benzene rings is 2. The number of aromatic nitrogens is 2. The average Bonchev–Trinajstić information content (AvgIpc) is 3.22. The predicted molar refractivity (Wildman–Crippen MR) is 95.5 cm³/mol. The maximum absolute atomic E-state index is 12.4. The summed E-state index contributed by atoms with van der Waals surface area (Å²) in [5, 5.41) is 14.6. The lowest BCUT2D eigenvalue weighted by Gasteiger charge is -2.18. The van der Waals surface area contributed by atoms with Crippen LogP contribution < -0.4 is 0 Å². The van der Waals surface area contributed by atoms with E-state index in [-0.39, 0.29) is 24.9 Å². The standard InChI is InChI=1S/C20H17N3O3/c24-16(12-22-11-15(10-21-22)14-6-2-1-3-7-14)13-23-19(25)17-8-4-5-9-18(17)20(23)26/h1-11,16,24H,12-13H2. The van der Waals surface area contributed by atoms with Crippen LogP contribution in [0.1, 0.15) is 20.7 Å². The molecule has 0 spiro atoms. The van der Waals surface area contributed by atoms with Gasteiger partial charge in [0.25, 0.3) is 11.8 Å². The summed E-state index contributed by atoms with van der Waals surface area (Å²) < 4.78 is 1.62. The van der Waals surface area contributed by atoms with Crippen LogP contribution in [-0.2, 0) is 6.54 Å². The van der Waals surface area contributed by atoms with E-state index in [0.29, 0.717) is 11.1 Å². The molecule has 2 amide bonds. The first-order valence-electron chi connectivity index (χ1n) is 8.34. The maximum Gasteiger partial charge on any atom is 0.261 e. The van der Waals surface area contributed by atoms with E-state index < -0.39 is 6.10 Å². The number of imide groups is 1. The number of rotatable bonds is 5. The van der Waals surface area contributed by atoms with Crippen LogP contribution in [0.25, 0.3) is 11.1 Å². The Morgan fingerprint density at radius 3 is 2.12 bits per heavy atom. The quantitative estimate of drug-likeness (QED) is 0.718. The number of β-amino-alcohol motifs (C(OH)–C–C–N with tert-alkyl or cyclic N) is 1. The lowest BCUT2D eigenvalue weighted by molar-refractivity contribution is 0.0515. The van der Waals surface area contributed by atoms with Gasteiger partial charge in [-0.25, -0.2) is 0 Å². The molecule has 6 heteroatoms. The minimum Gasteiger partial charge on any atom is -0.389 e. The van der Waals surface area contributed by atoms with Crippen molar-refractivity contribution in [2.45, 2.75) is 12.6 Å². The fourth-order valence-electron chi connectivity index (χ4n) is 3.13. The van der Waals surface area contributed by atoms with Gasteiger partial charge in [-0.15, -0.1) is 0 Å². The van der Waals surface area contributed by atoms with Crippen molar-refractivity contribution in [2.75, 3.05) is 6.54 Å². The smallest absolute Gasteiger partial charge is 0.261 e. The first-order chi connectivity index (χ1) is 12.6. The second-order valence-electron chi connectivity index (χ2n) is 6.24. The van der Waals surface area contributed by atoms with Gasteiger partial charge in [-0.05, 0) is 17.7 Å². The highest BCUT2D eigenvalue weighted by Crippen LogP contribution is 2.23. The second-order valence-corrected chi connectivity index (χ2v) is 6.24. The Hall–Kier alpha value is -3.25. The molecule has 2 aromatic carbocycles. The number of carbonyl (C=O) groups excluding carboxylic acids is 2. The third-order valence-electron chi connectivity index (χ3n) is 4.41. The number of nitrogens with zero attached hydrogens (tertiary/aromatic N) is 3. The highest BCUT2D eigenvalue weighted by atomic mass is 16.3. The molecule has 0 aliphatic carbocycles. The molecule has 1 N–H and O–H groups in total. The second kappa shape index (κ2) is 6.57. The van der Waals surface area contributed by atoms with Gasteiger partial charge in [0.15, 0.2) is 0 Å². The Morgan fingerprint density at radius 2 is 1.46 bits per heavy atom. The van der Waals surface area contributed by atoms with Gasteiger partial charge in [-0.3, -0.25) is 19.2 Å². The van der Waals surface area contributed by atoms with E-state index in [1.807, 2.05) is 36.5 Å². The zero-order valence-corrected chi connectivity index (χ0v) is 13.9. The maximum atomic E-state index is 12.4. The number of amides is 2. The topological polar surface area (TPSA) is 75.4 Å². The number of carbonyl (C=O) groups is 2. The summed E-state index contributed by atoms with van der Waals surface area (Å²) in [4.78, 5) is 25.8. The SMILES string of the molecule is O=C1c2ccccc2C(=O)N1CC(O)Cn1cc(-c2ccccc2)cn1. The molecule has 1 unspecified atom stereocenters. The largest absolute Gasteiger partial charge is 0.389 e. The average molecular weight is 347 g/mol. The Balaban J connectivity index is 1.44. The van der Waals surface area contributed by atoms with E-state index in [1.165, 1.54) is 0 Å². The Morgan fingerprint density at radius 1 is 0.846 bits per heavy atom. The first kappa shape index (κ1) is 16.2. The lowest BCUT2D eigenvalue weighted by Crippen LogP contribution is -2.38. The van der Waals surface area contributed by atoms with Crippen LogP contribution in [0, 0.1) is 0 Å². The minimum atomic E-state index is -0.902. The van der Waals surface area contributed by atoms with Gasteiger partial charge in [-0.1, -0.05) is 42.5 Å². The van der Waals surface area contributed by atoms with Gasteiger partial charge >= 0.3 is 0 Å². The molecule has 0 saturated carbocycles. The number of aliphatic hydroxyl groups is 1. The predicted octanol–water partition coefficient (Wildman–Crippen LogP) is 2.21. The third kappa shape index (κ3) is 2.91. The number of hydrogen-bond acceptors (Lipinski definition) is 4. The normalized spacial score (nSPS) is 14.6. The molecule has 1 atom stereocenters. The molecular weight excluding hydrogens is 330 g/mol. The fourth-order valence-corrected chi connectivity index (χ4v) is 3.13. The zero-order valence-electron chi connectivity index (χ0n) is 13.9. The van der Waals surface area contributed by atoms with Crippen LogP contribution in [0.5, 0.6) is 0 Å². The molecule has 3 aromatic rings. The molecule has 1 aromatic heterocycles. The van der Waals surface area contributed by atoms with E-state index in [2.05, 4.69) is 5.10 Å². The van der Waals surface area contributed by atoms with Crippen LogP contribution >= 0.6 is 0 Å². The Labute approximate surface area is 150 Å². The van der Waals surface area contributed by atoms with E-state index >= 15 is 0 Å². The van der Waals surface area contributed by atoms with E-state index in [4.69, 9.17) is 0 Å². The summed E-state index contributed by atoms with van der Waals surface area (Å²) in [6, 6.07) is 16.5. The summed E-state index contributed by atoms with van der Waals surface area (Å²) in [7, 11) is 0. The highest BCUT2D eigenvalue weighted by Gasteiger charge is 2.36. The zero-order chi connectivity index (χ0) is 18.1. The van der Waals surface area contributed by atoms with Gasteiger partial charge in [0.05, 0.1) is 36.5 Å². The Bertz CT molecular complexity index is 930. The van der Waals surface area contributed by atoms with Gasteiger partial charge in [0.2, 0.25) is 0 Å². The van der Waals surface area contributed by atoms with Gasteiger partial charge < -0.3 is 5.11 Å². The fraction of sp³-hybridized carbons (Fsp3) is 0.150. The number of hydrogen-bond donors (Lipinski definition) is 1. The summed E-state index contributed by atoms with van der Waals surface area (Å²) in [5.74, 6) is -0.731. The third-order valence-corrected chi connectivity index (χ3v) is 4.41. The molecule has 130 valence electrons. The molecule has 4 rings (SSSR count). The molecule has 6 nitrogen and oxygen atoms in total. The highest BCUT2D eigenvalue weighted by molar-refractivity contribution is 6.21. The van der Waals surface area contributed by atoms with Crippen molar-refractivity contribution in [3.8, 4) is 11.1 Å². The van der Waals surface area contributed by atoms with Gasteiger partial charge in [0, 0.05) is 11.8 Å². The minimum absolute atomic E-state index is 0.0626. The van der Waals surface area contributed by atoms with Crippen LogP contribution in [0.2, 0.25) is 0 Å². The molecular formula is C20H17N3O3. The molecule has 2 heterocycles. The van der Waals surface area contributed by atoms with Gasteiger partial charge in [0.1, 0.15) is 0 Å². The molecule has 1 aliphatic rings. The molecule has 1 aliphatic heterocycles. The summed E-state index contributed by atoms with van der Waals surface area (Å²) >= 11 is 0. The lowest BCUT2D eigenvalue weighted by atomic mass is 10.1. The number of fused-ring (bicyclic) bond motifs is 1. The molecule has 0 fully saturated rings. The van der Waals surface area contributed by atoms with Crippen molar-refractivity contribution in [2.24, 2.45) is 0 Å². The van der Waals surface area contributed by atoms with Crippen molar-refractivity contribution in [1.29, 1.82) is 0 Å². The van der Waals surface area contributed by atoms with Crippen LogP contribution in [0.3, 0.4) is 0 Å². The van der Waals surface area contributed by atoms with Crippen molar-refractivity contribution in [1.82, 2.24) is 14.7 Å². The van der Waals surface area contributed by atoms with Crippen molar-refractivity contribution >= 4 is 11.8 Å². The van der Waals surface area contributed by atoms with E-state index in [0.717, 1.165) is 16.0 Å². The first-order valence-corrected chi connectivity index (χ1v) is 8.34. The summed E-state index contributed by atoms with van der Waals surface area (Å²) in [6.45, 7) is 0.132. The molecule has 26 heavy (non-hydrogen) atoms. The van der Waals surface area contributed by atoms with E-state index in [9.17, 15) is 14.7 Å². The van der Waals surface area contributed by atoms with Gasteiger partial charge in [-0.2, -0.15) is 5.10 Å². The molecule has 0 saturated heterocycles. The Kier molecular flexibility index (Phi) is 4.10. The monoisotopic (exact) mass is 347 g/mol. The molecule has 0 bridgehead atoms. The van der Waals surface area contributed by atoms with Crippen LogP contribution in [0.4, 0.5) is 0 Å². The summed E-state index contributed by atoms with van der Waals surface area (Å²) in [5.41, 5.74) is 2.75. The van der Waals surface area contributed by atoms with Crippen LogP contribution in [-0.4, -0.2) is 44.3 Å². The van der Waals surface area contributed by atoms with Crippen molar-refractivity contribution in [3.05, 3.63) is 78.1 Å².